The van der Waals surface area contributed by atoms with Gasteiger partial charge >= 0.3 is 23.9 Å². The number of nitrogens with two attached hydrogens (primary N) is 1. The number of unbranched alkanes of at least 4 members (excludes halogenated alkanes) is 2. The molecule has 0 aliphatic heterocycles. The molecular weight excluding hydrogens is 478 g/mol. The van der Waals surface area contributed by atoms with E-state index in [4.69, 9.17) is 19.9 Å². The van der Waals surface area contributed by atoms with E-state index in [9.17, 15) is 24.3 Å². The lowest BCUT2D eigenvalue weighted by Crippen LogP contribution is -2.43. The number of aliphatic carboxylic acids is 1. The van der Waals surface area contributed by atoms with Crippen LogP contribution in [-0.2, 0) is 23.9 Å². The predicted octanol–water partition coefficient (Wildman–Crippen LogP) is 4.99. The van der Waals surface area contributed by atoms with E-state index >= 15 is 0 Å². The second-order valence-corrected chi connectivity index (χ2v) is 10.5. The molecule has 0 amide bonds. The smallest absolute Gasteiger partial charge is 0.321 e. The molecule has 4 atom stereocenters. The van der Waals surface area contributed by atoms with E-state index in [0.717, 1.165) is 12.8 Å². The fraction of sp³-hybridized carbons (Fsp3) is 0.643. The SMILES string of the molecule is CCCCC(=O)Oc1ccc(C(C(C)C(C)OC(=O)C(C)(C)C)[C@H](N)C(=O)O)cc1OC(=O)CCCC. The van der Waals surface area contributed by atoms with Crippen molar-refractivity contribution in [3.63, 3.8) is 0 Å². The number of rotatable bonds is 14. The molecule has 3 unspecified atom stereocenters. The van der Waals surface area contributed by atoms with Crippen molar-refractivity contribution in [2.24, 2.45) is 17.1 Å². The minimum Gasteiger partial charge on any atom is -0.480 e. The summed E-state index contributed by atoms with van der Waals surface area (Å²) in [5, 5.41) is 9.74. The topological polar surface area (TPSA) is 142 Å². The van der Waals surface area contributed by atoms with Gasteiger partial charge in [-0.05, 0) is 58.2 Å². The summed E-state index contributed by atoms with van der Waals surface area (Å²) in [7, 11) is 0. The van der Waals surface area contributed by atoms with E-state index in [-0.39, 0.29) is 24.3 Å². The molecule has 208 valence electrons. The van der Waals surface area contributed by atoms with Gasteiger partial charge < -0.3 is 25.1 Å². The van der Waals surface area contributed by atoms with Gasteiger partial charge in [-0.2, -0.15) is 0 Å². The monoisotopic (exact) mass is 521 g/mol. The molecule has 3 N–H and O–H groups in total. The van der Waals surface area contributed by atoms with Crippen LogP contribution < -0.4 is 15.2 Å². The number of ether oxygens (including phenoxy) is 3. The minimum absolute atomic E-state index is 0.0116. The Morgan fingerprint density at radius 1 is 0.919 bits per heavy atom. The first-order chi connectivity index (χ1) is 17.2. The molecule has 0 aromatic heterocycles. The van der Waals surface area contributed by atoms with Crippen LogP contribution in [0, 0.1) is 11.3 Å². The second-order valence-electron chi connectivity index (χ2n) is 10.5. The molecule has 1 aromatic carbocycles. The molecule has 0 aliphatic rings. The Bertz CT molecular complexity index is 937. The maximum absolute atomic E-state index is 12.5. The van der Waals surface area contributed by atoms with Crippen molar-refractivity contribution in [2.75, 3.05) is 0 Å². The first kappa shape index (κ1) is 32.1. The maximum Gasteiger partial charge on any atom is 0.321 e. The van der Waals surface area contributed by atoms with Gasteiger partial charge in [0.1, 0.15) is 12.1 Å². The Kier molecular flexibility index (Phi) is 12.8. The first-order valence-electron chi connectivity index (χ1n) is 13.0. The van der Waals surface area contributed by atoms with Crippen LogP contribution >= 0.6 is 0 Å². The van der Waals surface area contributed by atoms with Crippen LogP contribution in [0.1, 0.15) is 98.5 Å². The van der Waals surface area contributed by atoms with Gasteiger partial charge in [0, 0.05) is 24.7 Å². The lowest BCUT2D eigenvalue weighted by Gasteiger charge is -2.33. The van der Waals surface area contributed by atoms with E-state index in [1.54, 1.807) is 40.7 Å². The lowest BCUT2D eigenvalue weighted by atomic mass is 9.79. The summed E-state index contributed by atoms with van der Waals surface area (Å²) in [4.78, 5) is 49.1. The summed E-state index contributed by atoms with van der Waals surface area (Å²) in [5.41, 5.74) is 5.82. The van der Waals surface area contributed by atoms with Gasteiger partial charge in [-0.15, -0.1) is 0 Å². The molecule has 1 aromatic rings. The Balaban J connectivity index is 3.43. The van der Waals surface area contributed by atoms with Crippen molar-refractivity contribution in [1.29, 1.82) is 0 Å². The summed E-state index contributed by atoms with van der Waals surface area (Å²) >= 11 is 0. The lowest BCUT2D eigenvalue weighted by molar-refractivity contribution is -0.160. The third-order valence-corrected chi connectivity index (χ3v) is 6.15. The average molecular weight is 522 g/mol. The van der Waals surface area contributed by atoms with Crippen LogP contribution in [0.5, 0.6) is 11.5 Å². The minimum atomic E-state index is -1.34. The summed E-state index contributed by atoms with van der Waals surface area (Å²) in [6.45, 7) is 12.5. The zero-order valence-electron chi connectivity index (χ0n) is 23.2. The highest BCUT2D eigenvalue weighted by atomic mass is 16.6. The van der Waals surface area contributed by atoms with Crippen LogP contribution in [-0.4, -0.2) is 41.1 Å². The van der Waals surface area contributed by atoms with E-state index in [1.165, 1.54) is 12.1 Å². The maximum atomic E-state index is 12.5. The molecule has 1 rings (SSSR count). The highest BCUT2D eigenvalue weighted by molar-refractivity contribution is 5.77. The summed E-state index contributed by atoms with van der Waals surface area (Å²) in [6.07, 6.45) is 2.62. The third-order valence-electron chi connectivity index (χ3n) is 6.15. The van der Waals surface area contributed by atoms with E-state index in [0.29, 0.717) is 18.4 Å². The van der Waals surface area contributed by atoms with Crippen LogP contribution in [0.3, 0.4) is 0 Å². The van der Waals surface area contributed by atoms with Crippen molar-refractivity contribution >= 4 is 23.9 Å². The van der Waals surface area contributed by atoms with Crippen LogP contribution in [0.4, 0.5) is 0 Å². The molecule has 37 heavy (non-hydrogen) atoms. The number of carbonyl (C=O) groups is 4. The number of carbonyl (C=O) groups excluding carboxylic acids is 3. The van der Waals surface area contributed by atoms with E-state index in [1.807, 2.05) is 13.8 Å². The fourth-order valence-electron chi connectivity index (χ4n) is 3.62. The summed E-state index contributed by atoms with van der Waals surface area (Å²) < 4.78 is 16.6. The molecule has 0 aliphatic carbocycles. The zero-order chi connectivity index (χ0) is 28.3. The fourth-order valence-corrected chi connectivity index (χ4v) is 3.62. The van der Waals surface area contributed by atoms with Gasteiger partial charge in [0.2, 0.25) is 0 Å². The second kappa shape index (κ2) is 14.7. The molecule has 0 spiro atoms. The third kappa shape index (κ3) is 10.1. The van der Waals surface area contributed by atoms with Gasteiger partial charge in [0.15, 0.2) is 11.5 Å². The molecule has 9 heteroatoms. The number of carboxylic acids is 1. The molecular formula is C28H43NO8. The predicted molar refractivity (Wildman–Crippen MR) is 139 cm³/mol. The summed E-state index contributed by atoms with van der Waals surface area (Å²) in [6, 6.07) is 3.21. The van der Waals surface area contributed by atoms with Crippen LogP contribution in [0.2, 0.25) is 0 Å². The first-order valence-corrected chi connectivity index (χ1v) is 13.0. The number of esters is 3. The van der Waals surface area contributed by atoms with Crippen molar-refractivity contribution in [1.82, 2.24) is 0 Å². The van der Waals surface area contributed by atoms with Crippen molar-refractivity contribution in [3.8, 4) is 11.5 Å². The quantitative estimate of drug-likeness (QED) is 0.256. The van der Waals surface area contributed by atoms with Gasteiger partial charge in [0.25, 0.3) is 0 Å². The number of carboxylic acid groups (broad SMARTS) is 1. The van der Waals surface area contributed by atoms with Gasteiger partial charge in [-0.3, -0.25) is 19.2 Å². The van der Waals surface area contributed by atoms with Gasteiger partial charge in [-0.1, -0.05) is 39.7 Å². The molecule has 0 radical (unpaired) electrons. The number of benzene rings is 1. The molecule has 0 saturated carbocycles. The van der Waals surface area contributed by atoms with Crippen molar-refractivity contribution < 1.29 is 38.5 Å². The number of hydrogen-bond acceptors (Lipinski definition) is 8. The van der Waals surface area contributed by atoms with Gasteiger partial charge in [0.05, 0.1) is 5.41 Å². The normalized spacial score (nSPS) is 14.7. The molecule has 9 nitrogen and oxygen atoms in total. The average Bonchev–Trinajstić information content (AvgIpc) is 2.82. The van der Waals surface area contributed by atoms with E-state index < -0.39 is 53.3 Å². The summed E-state index contributed by atoms with van der Waals surface area (Å²) in [5.74, 6) is -3.86. The van der Waals surface area contributed by atoms with Crippen molar-refractivity contribution in [2.45, 2.75) is 105 Å². The van der Waals surface area contributed by atoms with Crippen LogP contribution in [0.25, 0.3) is 0 Å². The Hall–Kier alpha value is -2.94. The Morgan fingerprint density at radius 3 is 1.89 bits per heavy atom. The molecule has 0 heterocycles. The Labute approximate surface area is 220 Å². The molecule has 0 bridgehead atoms. The molecule has 0 saturated heterocycles. The largest absolute Gasteiger partial charge is 0.480 e. The highest BCUT2D eigenvalue weighted by Crippen LogP contribution is 2.37. The number of hydrogen-bond donors (Lipinski definition) is 2. The van der Waals surface area contributed by atoms with Gasteiger partial charge in [-0.25, -0.2) is 0 Å². The Morgan fingerprint density at radius 2 is 1.43 bits per heavy atom. The standard InChI is InChI=1S/C28H43NO8/c1-8-10-12-22(30)36-20-15-14-19(16-21(20)37-23(31)13-11-9-2)24(25(29)26(32)33)17(3)18(4)35-27(34)28(5,6)7/h14-18,24-25H,8-13,29H2,1-7H3,(H,32,33)/t17?,18?,24?,25-/m0/s1. The zero-order valence-corrected chi connectivity index (χ0v) is 23.2. The highest BCUT2D eigenvalue weighted by Gasteiger charge is 2.37. The van der Waals surface area contributed by atoms with Crippen LogP contribution in [0.15, 0.2) is 18.2 Å². The molecule has 0 fully saturated rings. The van der Waals surface area contributed by atoms with E-state index in [2.05, 4.69) is 0 Å². The van der Waals surface area contributed by atoms with Crippen molar-refractivity contribution in [3.05, 3.63) is 23.8 Å².